The third kappa shape index (κ3) is 3.80. The molecule has 2 aromatic carbocycles. The van der Waals surface area contributed by atoms with Crippen LogP contribution in [0.4, 0.5) is 0 Å². The predicted molar refractivity (Wildman–Crippen MR) is 87.1 cm³/mol. The standard InChI is InChI=1S/C18H20O2S/c1-13(19)10-14-6-8-16(9-7-14)20-12-17-11-15-4-2-3-5-18(15)21-17/h2-9,13,17,19H,10-12H2,1H3. The van der Waals surface area contributed by atoms with Gasteiger partial charge >= 0.3 is 0 Å². The van der Waals surface area contributed by atoms with Crippen LogP contribution in [-0.2, 0) is 12.8 Å². The fourth-order valence-corrected chi connectivity index (χ4v) is 3.82. The molecule has 0 saturated heterocycles. The first-order chi connectivity index (χ1) is 10.2. The van der Waals surface area contributed by atoms with Crippen LogP contribution < -0.4 is 4.74 Å². The molecule has 110 valence electrons. The van der Waals surface area contributed by atoms with E-state index in [0.717, 1.165) is 24.3 Å². The summed E-state index contributed by atoms with van der Waals surface area (Å²) in [4.78, 5) is 1.39. The van der Waals surface area contributed by atoms with Crippen LogP contribution in [0.3, 0.4) is 0 Å². The van der Waals surface area contributed by atoms with Gasteiger partial charge in [0, 0.05) is 10.1 Å². The zero-order chi connectivity index (χ0) is 14.7. The van der Waals surface area contributed by atoms with Crippen molar-refractivity contribution in [3.05, 3.63) is 59.7 Å². The Morgan fingerprint density at radius 1 is 1.19 bits per heavy atom. The van der Waals surface area contributed by atoms with Gasteiger partial charge < -0.3 is 9.84 Å². The number of rotatable bonds is 5. The highest BCUT2D eigenvalue weighted by atomic mass is 32.2. The lowest BCUT2D eigenvalue weighted by molar-refractivity contribution is 0.195. The van der Waals surface area contributed by atoms with Crippen molar-refractivity contribution in [2.75, 3.05) is 6.61 Å². The van der Waals surface area contributed by atoms with Crippen LogP contribution in [0.1, 0.15) is 18.1 Å². The summed E-state index contributed by atoms with van der Waals surface area (Å²) in [6.07, 6.45) is 1.47. The summed E-state index contributed by atoms with van der Waals surface area (Å²) in [6.45, 7) is 2.54. The molecule has 1 heterocycles. The van der Waals surface area contributed by atoms with Crippen molar-refractivity contribution in [3.8, 4) is 5.75 Å². The van der Waals surface area contributed by atoms with Gasteiger partial charge in [-0.15, -0.1) is 11.8 Å². The number of hydrogen-bond donors (Lipinski definition) is 1. The number of ether oxygens (including phenoxy) is 1. The van der Waals surface area contributed by atoms with Crippen molar-refractivity contribution >= 4 is 11.8 Å². The van der Waals surface area contributed by atoms with Crippen LogP contribution in [0.2, 0.25) is 0 Å². The summed E-state index contributed by atoms with van der Waals surface area (Å²) in [6, 6.07) is 16.6. The van der Waals surface area contributed by atoms with E-state index in [1.165, 1.54) is 10.5 Å². The molecule has 0 bridgehead atoms. The lowest BCUT2D eigenvalue weighted by Gasteiger charge is -2.11. The second kappa shape index (κ2) is 6.54. The van der Waals surface area contributed by atoms with Crippen LogP contribution in [0.15, 0.2) is 53.4 Å². The van der Waals surface area contributed by atoms with Crippen LogP contribution >= 0.6 is 11.8 Å². The van der Waals surface area contributed by atoms with Gasteiger partial charge in [-0.25, -0.2) is 0 Å². The third-order valence-corrected chi connectivity index (χ3v) is 4.89. The molecule has 1 aliphatic heterocycles. The van der Waals surface area contributed by atoms with Crippen LogP contribution in [-0.4, -0.2) is 23.1 Å². The summed E-state index contributed by atoms with van der Waals surface area (Å²) in [5.41, 5.74) is 2.57. The van der Waals surface area contributed by atoms with E-state index < -0.39 is 0 Å². The molecule has 2 nitrogen and oxygen atoms in total. The Kier molecular flexibility index (Phi) is 4.51. The minimum absolute atomic E-state index is 0.301. The van der Waals surface area contributed by atoms with Gasteiger partial charge in [0.05, 0.1) is 6.10 Å². The molecule has 3 heteroatoms. The van der Waals surface area contributed by atoms with E-state index in [-0.39, 0.29) is 6.10 Å². The Balaban J connectivity index is 1.52. The molecule has 2 atom stereocenters. The molecule has 1 aliphatic rings. The van der Waals surface area contributed by atoms with Gasteiger partial charge in [0.15, 0.2) is 0 Å². The van der Waals surface area contributed by atoms with E-state index in [1.807, 2.05) is 36.0 Å². The maximum Gasteiger partial charge on any atom is 0.119 e. The monoisotopic (exact) mass is 300 g/mol. The molecule has 0 aliphatic carbocycles. The first-order valence-corrected chi connectivity index (χ1v) is 8.23. The van der Waals surface area contributed by atoms with Gasteiger partial charge in [0.2, 0.25) is 0 Å². The average molecular weight is 300 g/mol. The zero-order valence-electron chi connectivity index (χ0n) is 12.2. The minimum atomic E-state index is -0.301. The fraction of sp³-hybridized carbons (Fsp3) is 0.333. The average Bonchev–Trinajstić information content (AvgIpc) is 2.89. The molecular formula is C18H20O2S. The van der Waals surface area contributed by atoms with Crippen molar-refractivity contribution in [2.45, 2.75) is 36.0 Å². The van der Waals surface area contributed by atoms with Crippen LogP contribution in [0.5, 0.6) is 5.75 Å². The number of aliphatic hydroxyl groups excluding tert-OH is 1. The molecule has 1 N–H and O–H groups in total. The van der Waals surface area contributed by atoms with Crippen LogP contribution in [0, 0.1) is 0 Å². The van der Waals surface area contributed by atoms with Crippen molar-refractivity contribution in [1.29, 1.82) is 0 Å². The summed E-state index contributed by atoms with van der Waals surface area (Å²) < 4.78 is 5.90. The lowest BCUT2D eigenvalue weighted by atomic mass is 10.1. The quantitative estimate of drug-likeness (QED) is 0.913. The summed E-state index contributed by atoms with van der Waals surface area (Å²) in [5, 5.41) is 9.87. The van der Waals surface area contributed by atoms with E-state index in [1.54, 1.807) is 6.92 Å². The van der Waals surface area contributed by atoms with Crippen molar-refractivity contribution in [3.63, 3.8) is 0 Å². The number of benzene rings is 2. The predicted octanol–water partition coefficient (Wildman–Crippen LogP) is 3.71. The number of hydrogen-bond acceptors (Lipinski definition) is 3. The highest BCUT2D eigenvalue weighted by Crippen LogP contribution is 2.36. The first kappa shape index (κ1) is 14.5. The Bertz CT molecular complexity index is 567. The Hall–Kier alpha value is -1.45. The molecule has 0 radical (unpaired) electrons. The Labute approximate surface area is 130 Å². The van der Waals surface area contributed by atoms with Crippen molar-refractivity contribution in [1.82, 2.24) is 0 Å². The lowest BCUT2D eigenvalue weighted by Crippen LogP contribution is -2.13. The van der Waals surface area contributed by atoms with E-state index in [4.69, 9.17) is 4.74 Å². The SMILES string of the molecule is CC(O)Cc1ccc(OCC2Cc3ccccc3S2)cc1. The fourth-order valence-electron chi connectivity index (χ4n) is 2.60. The molecule has 0 saturated carbocycles. The number of fused-ring (bicyclic) bond motifs is 1. The molecule has 0 fully saturated rings. The van der Waals surface area contributed by atoms with E-state index in [2.05, 4.69) is 24.3 Å². The minimum Gasteiger partial charge on any atom is -0.492 e. The molecule has 2 aromatic rings. The van der Waals surface area contributed by atoms with Crippen molar-refractivity contribution in [2.24, 2.45) is 0 Å². The highest BCUT2D eigenvalue weighted by molar-refractivity contribution is 8.00. The molecule has 0 amide bonds. The second-order valence-corrected chi connectivity index (χ2v) is 6.90. The maximum atomic E-state index is 9.37. The molecule has 0 spiro atoms. The van der Waals surface area contributed by atoms with Gasteiger partial charge in [0.25, 0.3) is 0 Å². The number of thioether (sulfide) groups is 1. The van der Waals surface area contributed by atoms with Gasteiger partial charge in [0.1, 0.15) is 12.4 Å². The zero-order valence-corrected chi connectivity index (χ0v) is 13.0. The van der Waals surface area contributed by atoms with Gasteiger partial charge in [-0.2, -0.15) is 0 Å². The topological polar surface area (TPSA) is 29.5 Å². The molecule has 21 heavy (non-hydrogen) atoms. The van der Waals surface area contributed by atoms with Gasteiger partial charge in [-0.05, 0) is 49.1 Å². The number of aliphatic hydroxyl groups is 1. The van der Waals surface area contributed by atoms with E-state index in [0.29, 0.717) is 11.7 Å². The van der Waals surface area contributed by atoms with E-state index in [9.17, 15) is 5.11 Å². The largest absolute Gasteiger partial charge is 0.492 e. The Morgan fingerprint density at radius 2 is 1.95 bits per heavy atom. The Morgan fingerprint density at radius 3 is 2.67 bits per heavy atom. The molecule has 3 rings (SSSR count). The smallest absolute Gasteiger partial charge is 0.119 e. The maximum absolute atomic E-state index is 9.37. The molecule has 2 unspecified atom stereocenters. The summed E-state index contributed by atoms with van der Waals surface area (Å²) in [7, 11) is 0. The van der Waals surface area contributed by atoms with Gasteiger partial charge in [-0.1, -0.05) is 30.3 Å². The van der Waals surface area contributed by atoms with Gasteiger partial charge in [-0.3, -0.25) is 0 Å². The van der Waals surface area contributed by atoms with Crippen molar-refractivity contribution < 1.29 is 9.84 Å². The highest BCUT2D eigenvalue weighted by Gasteiger charge is 2.22. The van der Waals surface area contributed by atoms with Crippen LogP contribution in [0.25, 0.3) is 0 Å². The normalized spacial score (nSPS) is 18.3. The molecular weight excluding hydrogens is 280 g/mol. The van der Waals surface area contributed by atoms with E-state index >= 15 is 0 Å². The third-order valence-electron chi connectivity index (χ3n) is 3.60. The first-order valence-electron chi connectivity index (χ1n) is 7.35. The second-order valence-electron chi connectivity index (χ2n) is 5.56. The summed E-state index contributed by atoms with van der Waals surface area (Å²) in [5.74, 6) is 0.904. The molecule has 0 aromatic heterocycles. The summed E-state index contributed by atoms with van der Waals surface area (Å²) >= 11 is 1.91.